The number of carbonyl (C=O) groups excluding carboxylic acids is 5. The van der Waals surface area contributed by atoms with Crippen LogP contribution in [0.25, 0.3) is 0 Å². The lowest BCUT2D eigenvalue weighted by Gasteiger charge is -2.33. The van der Waals surface area contributed by atoms with Crippen LogP contribution in [0.2, 0.25) is 0 Å². The highest BCUT2D eigenvalue weighted by molar-refractivity contribution is 6.04. The Morgan fingerprint density at radius 1 is 0.756 bits per heavy atom. The van der Waals surface area contributed by atoms with Crippen molar-refractivity contribution in [2.75, 3.05) is 13.2 Å². The van der Waals surface area contributed by atoms with Crippen LogP contribution in [0.15, 0.2) is 85.2 Å². The molecule has 2 saturated heterocycles. The third-order valence-electron chi connectivity index (χ3n) is 8.08. The fraction of sp³-hybridized carbons (Fsp3) is 0.343. The van der Waals surface area contributed by atoms with E-state index in [4.69, 9.17) is 24.0 Å². The van der Waals surface area contributed by atoms with E-state index in [-0.39, 0.29) is 18.6 Å². The number of ether oxygens (including phenoxy) is 3. The van der Waals surface area contributed by atoms with Crippen molar-refractivity contribution < 1.29 is 48.0 Å². The maximum absolute atomic E-state index is 12.5. The van der Waals surface area contributed by atoms with Gasteiger partial charge in [0.25, 0.3) is 0 Å². The lowest BCUT2D eigenvalue weighted by atomic mass is 9.67. The molecule has 0 saturated carbocycles. The zero-order valence-corrected chi connectivity index (χ0v) is 24.6. The van der Waals surface area contributed by atoms with Crippen molar-refractivity contribution in [3.63, 3.8) is 0 Å². The summed E-state index contributed by atoms with van der Waals surface area (Å²) in [5.74, 6) is -4.47. The Balaban J connectivity index is 0.991. The van der Waals surface area contributed by atoms with Crippen molar-refractivity contribution in [3.05, 3.63) is 102 Å². The molecule has 0 aromatic heterocycles. The molecule has 234 valence electrons. The second-order valence-electron chi connectivity index (χ2n) is 11.0. The lowest BCUT2D eigenvalue weighted by Crippen LogP contribution is -2.31. The highest BCUT2D eigenvalue weighted by atomic mass is 17.2. The largest absolute Gasteiger partial charge is 0.494 e. The Kier molecular flexibility index (Phi) is 10.7. The van der Waals surface area contributed by atoms with Gasteiger partial charge in [-0.1, -0.05) is 61.0 Å². The first-order chi connectivity index (χ1) is 21.9. The number of esters is 4. The van der Waals surface area contributed by atoms with Gasteiger partial charge in [0.1, 0.15) is 12.0 Å². The number of benzene rings is 2. The number of rotatable bonds is 15. The molecule has 10 nitrogen and oxygen atoms in total. The predicted molar refractivity (Wildman–Crippen MR) is 160 cm³/mol. The predicted octanol–water partition coefficient (Wildman–Crippen LogP) is 5.44. The number of ketones is 1. The first-order valence-electron chi connectivity index (χ1n) is 15.1. The van der Waals surface area contributed by atoms with Crippen molar-refractivity contribution in [2.24, 2.45) is 11.8 Å². The minimum Gasteiger partial charge on any atom is -0.494 e. The van der Waals surface area contributed by atoms with Crippen LogP contribution in [0.5, 0.6) is 5.75 Å². The molecular formula is C35H34O10. The summed E-state index contributed by atoms with van der Waals surface area (Å²) in [6, 6.07) is 14.4. The zero-order valence-electron chi connectivity index (χ0n) is 24.6. The molecule has 0 radical (unpaired) electrons. The Hall–Kier alpha value is -4.83. The van der Waals surface area contributed by atoms with Crippen molar-refractivity contribution in [2.45, 2.75) is 50.4 Å². The molecule has 2 aromatic rings. The Labute approximate surface area is 260 Å². The number of fused-ring (bicyclic) bond motifs is 3. The molecule has 45 heavy (non-hydrogen) atoms. The summed E-state index contributed by atoms with van der Waals surface area (Å²) in [6.45, 7) is 0.894. The first kappa shape index (κ1) is 31.6. The van der Waals surface area contributed by atoms with Crippen LogP contribution in [0.1, 0.15) is 71.8 Å². The molecule has 4 atom stereocenters. The fourth-order valence-electron chi connectivity index (χ4n) is 5.89. The first-order valence-corrected chi connectivity index (χ1v) is 15.1. The Morgan fingerprint density at radius 3 is 2.29 bits per heavy atom. The van der Waals surface area contributed by atoms with Gasteiger partial charge < -0.3 is 19.1 Å². The Bertz CT molecular complexity index is 1510. The molecule has 0 amide bonds. The van der Waals surface area contributed by atoms with Crippen LogP contribution in [0, 0.1) is 11.8 Å². The van der Waals surface area contributed by atoms with Gasteiger partial charge in [0.15, 0.2) is 5.78 Å². The van der Waals surface area contributed by atoms with Crippen molar-refractivity contribution in [3.8, 4) is 5.75 Å². The maximum Gasteiger partial charge on any atom is 0.321 e. The van der Waals surface area contributed by atoms with Gasteiger partial charge in [-0.05, 0) is 67.0 Å². The van der Waals surface area contributed by atoms with E-state index < -0.39 is 47.5 Å². The summed E-state index contributed by atoms with van der Waals surface area (Å²) >= 11 is 0. The van der Waals surface area contributed by atoms with E-state index in [0.29, 0.717) is 30.1 Å². The topological polar surface area (TPSA) is 132 Å². The average Bonchev–Trinajstić information content (AvgIpc) is 3.54. The van der Waals surface area contributed by atoms with E-state index in [2.05, 4.69) is 0 Å². The summed E-state index contributed by atoms with van der Waals surface area (Å²) in [5, 5.41) is 0. The van der Waals surface area contributed by atoms with Gasteiger partial charge >= 0.3 is 23.9 Å². The molecule has 2 aliphatic heterocycles. The number of cyclic esters (lactones) is 4. The third-order valence-corrected chi connectivity index (χ3v) is 8.08. The van der Waals surface area contributed by atoms with E-state index in [9.17, 15) is 24.0 Å². The standard InChI is InChI=1S/C35H34O10/c36-30(23-12-6-5-7-13-23)14-8-1-2-10-18-42-43-19-11-4-3-9-17-41-24-15-16-25-26(28-22-31(37)44-33(28)38)21-29-32(27(25)20-24)35(40)45-34(29)39/h1-2,5-8,10,12-16,18,20,26,28-29,32H,3-4,9,11,17,19,21-22H2. The molecule has 10 heteroatoms. The molecule has 0 bridgehead atoms. The average molecular weight is 615 g/mol. The summed E-state index contributed by atoms with van der Waals surface area (Å²) in [5.41, 5.74) is 1.98. The number of unbranched alkanes of at least 4 members (excludes halogenated alkanes) is 3. The van der Waals surface area contributed by atoms with Gasteiger partial charge in [0, 0.05) is 5.56 Å². The number of hydrogen-bond donors (Lipinski definition) is 0. The lowest BCUT2D eigenvalue weighted by molar-refractivity contribution is -0.249. The van der Waals surface area contributed by atoms with E-state index >= 15 is 0 Å². The second kappa shape index (κ2) is 15.3. The highest BCUT2D eigenvalue weighted by Crippen LogP contribution is 2.51. The molecule has 3 aliphatic rings. The monoisotopic (exact) mass is 614 g/mol. The van der Waals surface area contributed by atoms with Crippen molar-refractivity contribution in [1.82, 2.24) is 0 Å². The fourth-order valence-corrected chi connectivity index (χ4v) is 5.89. The van der Waals surface area contributed by atoms with Gasteiger partial charge in [-0.3, -0.25) is 24.0 Å². The van der Waals surface area contributed by atoms with E-state index in [1.807, 2.05) is 24.3 Å². The number of carbonyl (C=O) groups is 5. The van der Waals surface area contributed by atoms with Crippen LogP contribution in [-0.2, 0) is 38.4 Å². The maximum atomic E-state index is 12.5. The summed E-state index contributed by atoms with van der Waals surface area (Å²) < 4.78 is 15.6. The molecule has 2 heterocycles. The van der Waals surface area contributed by atoms with Gasteiger partial charge in [0.05, 0.1) is 37.4 Å². The quantitative estimate of drug-likeness (QED) is 0.0294. The van der Waals surface area contributed by atoms with Gasteiger partial charge in [0.2, 0.25) is 0 Å². The smallest absolute Gasteiger partial charge is 0.321 e. The molecule has 2 aromatic carbocycles. The van der Waals surface area contributed by atoms with Crippen molar-refractivity contribution in [1.29, 1.82) is 0 Å². The third kappa shape index (κ3) is 8.02. The summed E-state index contributed by atoms with van der Waals surface area (Å²) in [4.78, 5) is 71.1. The molecule has 4 unspecified atom stereocenters. The van der Waals surface area contributed by atoms with E-state index in [1.54, 1.807) is 48.6 Å². The minimum absolute atomic E-state index is 0.0510. The minimum atomic E-state index is -0.749. The van der Waals surface area contributed by atoms with Gasteiger partial charge in [-0.2, -0.15) is 4.89 Å². The van der Waals surface area contributed by atoms with Crippen LogP contribution < -0.4 is 4.74 Å². The molecule has 0 spiro atoms. The van der Waals surface area contributed by atoms with Crippen molar-refractivity contribution >= 4 is 29.7 Å². The number of hydrogen-bond acceptors (Lipinski definition) is 10. The van der Waals surface area contributed by atoms with Gasteiger partial charge in [-0.15, -0.1) is 0 Å². The molecule has 1 aliphatic carbocycles. The summed E-state index contributed by atoms with van der Waals surface area (Å²) in [6.07, 6.45) is 13.3. The number of allylic oxidation sites excluding steroid dienone is 5. The molecule has 2 fully saturated rings. The Morgan fingerprint density at radius 2 is 1.51 bits per heavy atom. The zero-order chi connectivity index (χ0) is 31.6. The molecule has 0 N–H and O–H groups in total. The molecule has 5 rings (SSSR count). The van der Waals surface area contributed by atoms with Crippen LogP contribution >= 0.6 is 0 Å². The second-order valence-corrected chi connectivity index (χ2v) is 11.0. The molecular weight excluding hydrogens is 580 g/mol. The normalized spacial score (nSPS) is 22.6. The van der Waals surface area contributed by atoms with Crippen LogP contribution in [-0.4, -0.2) is 42.9 Å². The summed E-state index contributed by atoms with van der Waals surface area (Å²) in [7, 11) is 0. The highest BCUT2D eigenvalue weighted by Gasteiger charge is 2.53. The van der Waals surface area contributed by atoms with Crippen LogP contribution in [0.4, 0.5) is 0 Å². The SMILES string of the molecule is O=C1CC(C2CC3C(=O)OC(=O)C3c3cc(OCCCCCCOOC=CC=CC=CC(=O)c4ccccc4)ccc32)C(=O)O1. The van der Waals surface area contributed by atoms with E-state index in [1.165, 1.54) is 12.3 Å². The van der Waals surface area contributed by atoms with Gasteiger partial charge in [-0.25, -0.2) is 0 Å². The van der Waals surface area contributed by atoms with Crippen LogP contribution in [0.3, 0.4) is 0 Å². The van der Waals surface area contributed by atoms with E-state index in [0.717, 1.165) is 31.2 Å².